The molecular weight excluding hydrogens is 350 g/mol. The van der Waals surface area contributed by atoms with E-state index in [9.17, 15) is 0 Å². The molecule has 4 heteroatoms. The van der Waals surface area contributed by atoms with Crippen LogP contribution < -0.4 is 0 Å². The van der Waals surface area contributed by atoms with Crippen molar-refractivity contribution in [1.29, 1.82) is 0 Å². The van der Waals surface area contributed by atoms with E-state index in [1.54, 1.807) is 0 Å². The summed E-state index contributed by atoms with van der Waals surface area (Å²) in [6.07, 6.45) is 0. The van der Waals surface area contributed by atoms with E-state index >= 15 is 0 Å². The maximum absolute atomic E-state index is 4.21. The van der Waals surface area contributed by atoms with Crippen molar-refractivity contribution >= 4 is 84.8 Å². The molecule has 0 saturated carbocycles. The summed E-state index contributed by atoms with van der Waals surface area (Å²) < 4.78 is 0. The summed E-state index contributed by atoms with van der Waals surface area (Å²) in [5, 5.41) is 0. The zero-order chi connectivity index (χ0) is 2.00. The van der Waals surface area contributed by atoms with Crippen LogP contribution in [0.3, 0.4) is 0 Å². The van der Waals surface area contributed by atoms with E-state index in [1.807, 2.05) is 0 Å². The van der Waals surface area contributed by atoms with E-state index in [0.29, 0.717) is 0 Å². The van der Waals surface area contributed by atoms with Gasteiger partial charge in [-0.3, -0.25) is 0 Å². The van der Waals surface area contributed by atoms with Crippen LogP contribution >= 0.6 is 10.1 Å². The van der Waals surface area contributed by atoms with Gasteiger partial charge in [0.1, 0.15) is 0 Å². The second-order valence-corrected chi connectivity index (χ2v) is 0. The fourth-order valence-corrected chi connectivity index (χ4v) is 0. The molecule has 4 heavy (non-hydrogen) atoms. The zero-order valence-corrected chi connectivity index (χ0v) is 4.90. The summed E-state index contributed by atoms with van der Waals surface area (Å²) in [6, 6.07) is 0. The minimum atomic E-state index is 0. The van der Waals surface area contributed by atoms with E-state index < -0.39 is 0 Å². The molecular formula is H5BaInSZn. The summed E-state index contributed by atoms with van der Waals surface area (Å²) in [5.41, 5.74) is 0. The SMILES string of the molecule is [BaH2].[InH3].[S]=[Zn]. The van der Waals surface area contributed by atoms with Gasteiger partial charge in [0.05, 0.1) is 0 Å². The van der Waals surface area contributed by atoms with Crippen LogP contribution in [0.5, 0.6) is 0 Å². The predicted molar refractivity (Wildman–Crippen MR) is 26.1 cm³/mol. The van der Waals surface area contributed by atoms with Crippen LogP contribution in [0.15, 0.2) is 0 Å². The topological polar surface area (TPSA) is 0 Å². The normalized spacial score (nSPS) is 1.50. The van der Waals surface area contributed by atoms with Gasteiger partial charge in [-0.25, -0.2) is 0 Å². The van der Waals surface area contributed by atoms with E-state index in [0.717, 1.165) is 16.6 Å². The molecule has 0 nitrogen and oxygen atoms in total. The average Bonchev–Trinajstić information content (AvgIpc) is 1.00. The Morgan fingerprint density at radius 3 is 1.25 bits per heavy atom. The first-order valence-electron chi connectivity index (χ1n) is 0.289. The minimum absolute atomic E-state index is 0. The molecule has 0 aromatic carbocycles. The molecule has 0 heterocycles. The van der Waals surface area contributed by atoms with Crippen LogP contribution in [0.2, 0.25) is 0 Å². The Bertz CT molecular complexity index is 8.00. The quantitative estimate of drug-likeness (QED) is 0.480. The number of hydrogen-bond donors (Lipinski definition) is 0. The Balaban J connectivity index is -0.00000000500. The Kier molecular flexibility index (Phi) is 63.7. The van der Waals surface area contributed by atoms with Crippen molar-refractivity contribution in [2.75, 3.05) is 0 Å². The number of hydrogen-bond acceptors (Lipinski definition) is 1. The molecule has 0 bridgehead atoms. The van der Waals surface area contributed by atoms with Gasteiger partial charge >= 0.3 is 101 Å². The molecule has 0 N–H and O–H groups in total. The molecule has 0 amide bonds. The van der Waals surface area contributed by atoms with Crippen molar-refractivity contribution in [2.45, 2.75) is 0 Å². The average molecular weight is 355 g/mol. The Labute approximate surface area is 98.6 Å². The van der Waals surface area contributed by atoms with Gasteiger partial charge in [-0.05, 0) is 0 Å². The molecule has 0 atom stereocenters. The first-order chi connectivity index (χ1) is 1.00. The standard InChI is InChI=1S/Ba.In.S.Zn.5H. The summed E-state index contributed by atoms with van der Waals surface area (Å²) in [5.74, 6) is 0. The fraction of sp³-hybridized carbons (Fsp3) is 0. The van der Waals surface area contributed by atoms with Gasteiger partial charge in [-0.1, -0.05) is 0 Å². The van der Waals surface area contributed by atoms with Crippen molar-refractivity contribution in [3.8, 4) is 0 Å². The second-order valence-electron chi connectivity index (χ2n) is 0. The van der Waals surface area contributed by atoms with Crippen LogP contribution in [0, 0.1) is 0 Å². The van der Waals surface area contributed by atoms with Crippen molar-refractivity contribution in [2.24, 2.45) is 0 Å². The molecule has 0 fully saturated rings. The van der Waals surface area contributed by atoms with E-state index in [-0.39, 0.29) is 74.7 Å². The van der Waals surface area contributed by atoms with Crippen molar-refractivity contribution in [3.05, 3.63) is 0 Å². The summed E-state index contributed by atoms with van der Waals surface area (Å²) in [7, 11) is 4.21. The third-order valence-corrected chi connectivity index (χ3v) is 0. The van der Waals surface area contributed by atoms with Gasteiger partial charge in [-0.2, -0.15) is 0 Å². The maximum atomic E-state index is 4.21. The van der Waals surface area contributed by atoms with Crippen molar-refractivity contribution in [3.63, 3.8) is 0 Å². The third-order valence-electron chi connectivity index (χ3n) is 0. The van der Waals surface area contributed by atoms with Crippen LogP contribution in [0.4, 0.5) is 0 Å². The molecule has 0 aliphatic heterocycles. The molecule has 0 spiro atoms. The first kappa shape index (κ1) is 15.7. The van der Waals surface area contributed by atoms with Gasteiger partial charge < -0.3 is 0 Å². The van der Waals surface area contributed by atoms with Gasteiger partial charge in [0.25, 0.3) is 0 Å². The van der Waals surface area contributed by atoms with Gasteiger partial charge in [0.2, 0.25) is 0 Å². The first-order valence-corrected chi connectivity index (χ1v) is 4.50. The van der Waals surface area contributed by atoms with E-state index in [1.165, 1.54) is 0 Å². The van der Waals surface area contributed by atoms with Crippen LogP contribution in [0.25, 0.3) is 0 Å². The monoisotopic (exact) mass is 354 g/mol. The Hall–Kier alpha value is 3.28. The molecule has 0 radical (unpaired) electrons. The van der Waals surface area contributed by atoms with Crippen LogP contribution in [0.1, 0.15) is 0 Å². The van der Waals surface area contributed by atoms with Crippen molar-refractivity contribution < 1.29 is 16.6 Å². The fourth-order valence-electron chi connectivity index (χ4n) is 0. The number of rotatable bonds is 0. The molecule has 0 aromatic rings. The van der Waals surface area contributed by atoms with Crippen molar-refractivity contribution in [1.82, 2.24) is 0 Å². The molecule has 0 unspecified atom stereocenters. The molecule has 0 aliphatic carbocycles. The molecule has 18 valence electrons. The summed E-state index contributed by atoms with van der Waals surface area (Å²) >= 11 is 0.958. The summed E-state index contributed by atoms with van der Waals surface area (Å²) in [4.78, 5) is 0. The van der Waals surface area contributed by atoms with Gasteiger partial charge in [-0.15, -0.1) is 0 Å². The Morgan fingerprint density at radius 1 is 1.25 bits per heavy atom. The third kappa shape index (κ3) is 8.99. The summed E-state index contributed by atoms with van der Waals surface area (Å²) in [6.45, 7) is 0. The van der Waals surface area contributed by atoms with E-state index in [2.05, 4.69) is 10.1 Å². The van der Waals surface area contributed by atoms with Gasteiger partial charge in [0.15, 0.2) is 0 Å². The molecule has 0 aromatic heterocycles. The van der Waals surface area contributed by atoms with Gasteiger partial charge in [0, 0.05) is 0 Å². The molecule has 0 saturated heterocycles. The second kappa shape index (κ2) is 16.3. The van der Waals surface area contributed by atoms with E-state index in [4.69, 9.17) is 0 Å². The van der Waals surface area contributed by atoms with Crippen LogP contribution in [-0.2, 0) is 16.6 Å². The molecule has 0 aliphatic rings. The predicted octanol–water partition coefficient (Wildman–Crippen LogP) is -1.45. The van der Waals surface area contributed by atoms with Crippen LogP contribution in [-0.4, -0.2) is 74.7 Å². The zero-order valence-electron chi connectivity index (χ0n) is 1.12. The molecule has 0 rings (SSSR count). The Morgan fingerprint density at radius 2 is 1.25 bits per heavy atom.